The van der Waals surface area contributed by atoms with Gasteiger partial charge in [-0.15, -0.1) is 5.10 Å². The predicted octanol–water partition coefficient (Wildman–Crippen LogP) is 3.61. The van der Waals surface area contributed by atoms with Crippen molar-refractivity contribution in [1.29, 1.82) is 0 Å². The number of aryl methyl sites for hydroxylation is 2. The number of H-pyrrole nitrogens is 1. The van der Waals surface area contributed by atoms with Crippen LogP contribution in [0.25, 0.3) is 11.3 Å². The summed E-state index contributed by atoms with van der Waals surface area (Å²) in [6.45, 7) is 7.66. The number of aromatic nitrogens is 6. The van der Waals surface area contributed by atoms with Crippen molar-refractivity contribution in [2.75, 3.05) is 0 Å². The van der Waals surface area contributed by atoms with E-state index in [0.29, 0.717) is 12.2 Å². The third-order valence-corrected chi connectivity index (χ3v) is 5.22. The third kappa shape index (κ3) is 4.47. The zero-order chi connectivity index (χ0) is 20.1. The van der Waals surface area contributed by atoms with Crippen LogP contribution >= 0.6 is 0 Å². The lowest BCUT2D eigenvalue weighted by atomic mass is 9.81. The minimum absolute atomic E-state index is 0.0697. The molecule has 2 atom stereocenters. The largest absolute Gasteiger partial charge is 0.300 e. The smallest absolute Gasteiger partial charge is 0.152 e. The molecule has 0 aliphatic rings. The summed E-state index contributed by atoms with van der Waals surface area (Å²) in [6, 6.07) is 8.25. The van der Waals surface area contributed by atoms with Crippen molar-refractivity contribution in [3.63, 3.8) is 0 Å². The van der Waals surface area contributed by atoms with Gasteiger partial charge in [0, 0.05) is 17.4 Å². The molecular formula is C21H26N6O. The first-order valence-corrected chi connectivity index (χ1v) is 9.63. The van der Waals surface area contributed by atoms with E-state index < -0.39 is 0 Å². The summed E-state index contributed by atoms with van der Waals surface area (Å²) in [5.74, 6) is 0.660. The van der Waals surface area contributed by atoms with Gasteiger partial charge in [-0.2, -0.15) is 0 Å². The Labute approximate surface area is 165 Å². The fraction of sp³-hybridized carbons (Fsp3) is 0.429. The second-order valence-electron chi connectivity index (χ2n) is 7.23. The van der Waals surface area contributed by atoms with Crippen molar-refractivity contribution < 1.29 is 4.79 Å². The number of nitrogens with zero attached hydrogens (tertiary/aromatic N) is 5. The molecule has 0 spiro atoms. The molecule has 7 nitrogen and oxygen atoms in total. The zero-order valence-electron chi connectivity index (χ0n) is 16.8. The molecule has 146 valence electrons. The van der Waals surface area contributed by atoms with Gasteiger partial charge < -0.3 is 0 Å². The number of rotatable bonds is 8. The molecule has 0 saturated carbocycles. The highest BCUT2D eigenvalue weighted by molar-refractivity contribution is 5.79. The molecular weight excluding hydrogens is 352 g/mol. The van der Waals surface area contributed by atoms with Gasteiger partial charge in [0.1, 0.15) is 5.78 Å². The first kappa shape index (κ1) is 19.8. The van der Waals surface area contributed by atoms with Crippen LogP contribution in [0.3, 0.4) is 0 Å². The van der Waals surface area contributed by atoms with Crippen molar-refractivity contribution >= 4 is 5.78 Å². The lowest BCUT2D eigenvalue weighted by Gasteiger charge is -2.22. The molecule has 0 fully saturated rings. The van der Waals surface area contributed by atoms with Crippen LogP contribution in [-0.4, -0.2) is 36.4 Å². The first-order valence-electron chi connectivity index (χ1n) is 9.63. The van der Waals surface area contributed by atoms with Crippen LogP contribution in [0.1, 0.15) is 55.4 Å². The van der Waals surface area contributed by atoms with E-state index in [1.807, 2.05) is 26.0 Å². The summed E-state index contributed by atoms with van der Waals surface area (Å²) in [5.41, 5.74) is 4.88. The number of benzene rings is 1. The summed E-state index contributed by atoms with van der Waals surface area (Å²) >= 11 is 0. The van der Waals surface area contributed by atoms with E-state index in [1.165, 1.54) is 0 Å². The van der Waals surface area contributed by atoms with Crippen LogP contribution in [-0.2, 0) is 11.2 Å². The highest BCUT2D eigenvalue weighted by atomic mass is 16.1. The SMILES string of the molecule is CCC[C@H](C(C)=O)[C@H](Cc1ccc(-c2cnc(C)c(C)n2)cc1)c1nnn[nH]1. The summed E-state index contributed by atoms with van der Waals surface area (Å²) in [7, 11) is 0. The molecule has 0 amide bonds. The van der Waals surface area contributed by atoms with Crippen LogP contribution < -0.4 is 0 Å². The van der Waals surface area contributed by atoms with E-state index in [4.69, 9.17) is 0 Å². The van der Waals surface area contributed by atoms with E-state index in [1.54, 1.807) is 13.1 Å². The quantitative estimate of drug-likeness (QED) is 0.643. The van der Waals surface area contributed by atoms with Crippen LogP contribution in [0.4, 0.5) is 0 Å². The maximum absolute atomic E-state index is 12.3. The molecule has 3 aromatic rings. The molecule has 0 radical (unpaired) electrons. The number of ketones is 1. The Kier molecular flexibility index (Phi) is 6.23. The van der Waals surface area contributed by atoms with Crippen molar-refractivity contribution in [3.05, 3.63) is 53.2 Å². The zero-order valence-corrected chi connectivity index (χ0v) is 16.8. The van der Waals surface area contributed by atoms with Crippen LogP contribution in [0.15, 0.2) is 30.5 Å². The average Bonchev–Trinajstić information content (AvgIpc) is 3.21. The molecule has 3 rings (SSSR count). The lowest BCUT2D eigenvalue weighted by Crippen LogP contribution is -2.23. The Morgan fingerprint density at radius 1 is 1.14 bits per heavy atom. The van der Waals surface area contributed by atoms with Gasteiger partial charge in [0.15, 0.2) is 5.82 Å². The maximum atomic E-state index is 12.3. The Balaban J connectivity index is 1.85. The summed E-state index contributed by atoms with van der Waals surface area (Å²) in [6.07, 6.45) is 4.25. The Bertz CT molecular complexity index is 921. The first-order chi connectivity index (χ1) is 13.5. The second-order valence-corrected chi connectivity index (χ2v) is 7.23. The van der Waals surface area contributed by atoms with E-state index in [0.717, 1.165) is 41.1 Å². The molecule has 1 N–H and O–H groups in total. The molecule has 2 aromatic heterocycles. The van der Waals surface area contributed by atoms with Gasteiger partial charge in [-0.25, -0.2) is 10.1 Å². The van der Waals surface area contributed by atoms with Crippen molar-refractivity contribution in [2.24, 2.45) is 5.92 Å². The molecule has 0 saturated heterocycles. The Morgan fingerprint density at radius 3 is 2.46 bits per heavy atom. The minimum Gasteiger partial charge on any atom is -0.300 e. The molecule has 0 aliphatic carbocycles. The lowest BCUT2D eigenvalue weighted by molar-refractivity contribution is -0.121. The van der Waals surface area contributed by atoms with Gasteiger partial charge >= 0.3 is 0 Å². The fourth-order valence-electron chi connectivity index (χ4n) is 3.50. The minimum atomic E-state index is -0.106. The number of carbonyl (C=O) groups is 1. The van der Waals surface area contributed by atoms with Crippen molar-refractivity contribution in [2.45, 2.75) is 52.9 Å². The Morgan fingerprint density at radius 2 is 1.89 bits per heavy atom. The standard InChI is InChI=1S/C21H26N6O/c1-5-6-18(15(4)28)19(21-24-26-27-25-21)11-16-7-9-17(10-8-16)20-12-22-13(2)14(3)23-20/h7-10,12,18-19H,5-6,11H2,1-4H3,(H,24,25,26,27)/t18-,19+/m1/s1. The monoisotopic (exact) mass is 378 g/mol. The third-order valence-electron chi connectivity index (χ3n) is 5.22. The molecule has 1 aromatic carbocycles. The average molecular weight is 378 g/mol. The summed E-state index contributed by atoms with van der Waals surface area (Å²) in [4.78, 5) is 21.3. The van der Waals surface area contributed by atoms with Crippen LogP contribution in [0, 0.1) is 19.8 Å². The number of aromatic amines is 1. The topological polar surface area (TPSA) is 97.3 Å². The van der Waals surface area contributed by atoms with Gasteiger partial charge in [-0.3, -0.25) is 9.78 Å². The van der Waals surface area contributed by atoms with Gasteiger partial charge in [0.05, 0.1) is 23.3 Å². The van der Waals surface area contributed by atoms with Crippen molar-refractivity contribution in [1.82, 2.24) is 30.6 Å². The van der Waals surface area contributed by atoms with E-state index in [2.05, 4.69) is 49.6 Å². The summed E-state index contributed by atoms with van der Waals surface area (Å²) < 4.78 is 0. The van der Waals surface area contributed by atoms with Gasteiger partial charge in [-0.1, -0.05) is 37.6 Å². The fourth-order valence-corrected chi connectivity index (χ4v) is 3.50. The van der Waals surface area contributed by atoms with Crippen LogP contribution in [0.5, 0.6) is 0 Å². The number of hydrogen-bond acceptors (Lipinski definition) is 6. The number of tetrazole rings is 1. The van der Waals surface area contributed by atoms with E-state index in [-0.39, 0.29) is 17.6 Å². The van der Waals surface area contributed by atoms with E-state index in [9.17, 15) is 4.79 Å². The molecule has 0 bridgehead atoms. The van der Waals surface area contributed by atoms with Gasteiger partial charge in [-0.05, 0) is 49.6 Å². The molecule has 28 heavy (non-hydrogen) atoms. The highest BCUT2D eigenvalue weighted by Gasteiger charge is 2.29. The van der Waals surface area contributed by atoms with Gasteiger partial charge in [0.2, 0.25) is 0 Å². The molecule has 7 heteroatoms. The van der Waals surface area contributed by atoms with Crippen LogP contribution in [0.2, 0.25) is 0 Å². The predicted molar refractivity (Wildman–Crippen MR) is 107 cm³/mol. The molecule has 0 aliphatic heterocycles. The number of nitrogens with one attached hydrogen (secondary N) is 1. The highest BCUT2D eigenvalue weighted by Crippen LogP contribution is 2.31. The second kappa shape index (κ2) is 8.82. The Hall–Kier alpha value is -2.96. The molecule has 0 unspecified atom stereocenters. The summed E-state index contributed by atoms with van der Waals surface area (Å²) in [5, 5.41) is 14.4. The van der Waals surface area contributed by atoms with Crippen molar-refractivity contribution in [3.8, 4) is 11.3 Å². The van der Waals surface area contributed by atoms with Gasteiger partial charge in [0.25, 0.3) is 0 Å². The van der Waals surface area contributed by atoms with E-state index >= 15 is 0 Å². The number of Topliss-reactive ketones (excluding diaryl/α,β-unsaturated/α-hetero) is 1. The number of carbonyl (C=O) groups excluding carboxylic acids is 1. The maximum Gasteiger partial charge on any atom is 0.152 e. The normalized spacial score (nSPS) is 13.3. The molecule has 2 heterocycles. The number of hydrogen-bond donors (Lipinski definition) is 1.